The first-order valence-corrected chi connectivity index (χ1v) is 7.90. The first-order valence-electron chi connectivity index (χ1n) is 7.90. The Bertz CT molecular complexity index is 761. The number of nitrogens with one attached hydrogen (secondary N) is 1. The van der Waals surface area contributed by atoms with Crippen LogP contribution in [0.3, 0.4) is 0 Å². The van der Waals surface area contributed by atoms with Gasteiger partial charge in [-0.3, -0.25) is 9.59 Å². The number of para-hydroxylation sites is 1. The third-order valence-electron chi connectivity index (χ3n) is 3.59. The smallest absolute Gasteiger partial charge is 0.310 e. The van der Waals surface area contributed by atoms with Gasteiger partial charge in [-0.25, -0.2) is 4.39 Å². The summed E-state index contributed by atoms with van der Waals surface area (Å²) in [6, 6.07) is 10.8. The first kappa shape index (κ1) is 19.2. The molecule has 0 heterocycles. The summed E-state index contributed by atoms with van der Waals surface area (Å²) in [6.45, 7) is -0.193. The molecule has 0 unspecified atom stereocenters. The predicted molar refractivity (Wildman–Crippen MR) is 92.5 cm³/mol. The van der Waals surface area contributed by atoms with Crippen LogP contribution in [0.1, 0.15) is 11.1 Å². The van der Waals surface area contributed by atoms with E-state index < -0.39 is 18.5 Å². The van der Waals surface area contributed by atoms with E-state index in [0.29, 0.717) is 17.1 Å². The Morgan fingerprint density at radius 2 is 1.77 bits per heavy atom. The Morgan fingerprint density at radius 3 is 2.42 bits per heavy atom. The van der Waals surface area contributed by atoms with Crippen LogP contribution in [0, 0.1) is 5.82 Å². The van der Waals surface area contributed by atoms with Crippen LogP contribution in [0.4, 0.5) is 4.39 Å². The molecule has 6 nitrogen and oxygen atoms in total. The molecule has 0 saturated carbocycles. The molecule has 2 aromatic rings. The summed E-state index contributed by atoms with van der Waals surface area (Å²) in [5.74, 6) is -0.295. The van der Waals surface area contributed by atoms with Crippen molar-refractivity contribution in [2.75, 3.05) is 20.8 Å². The number of amides is 1. The van der Waals surface area contributed by atoms with Gasteiger partial charge < -0.3 is 19.5 Å². The molecule has 1 amide bonds. The SMILES string of the molecule is COc1cccc(CNC(=O)COC(=O)Cc2ccc(F)cc2)c1OC. The van der Waals surface area contributed by atoms with Crippen molar-refractivity contribution < 1.29 is 28.2 Å². The van der Waals surface area contributed by atoms with Gasteiger partial charge in [0.05, 0.1) is 20.6 Å². The van der Waals surface area contributed by atoms with E-state index >= 15 is 0 Å². The zero-order chi connectivity index (χ0) is 18.9. The Kier molecular flexibility index (Phi) is 6.96. The van der Waals surface area contributed by atoms with Gasteiger partial charge in [0.2, 0.25) is 0 Å². The highest BCUT2D eigenvalue weighted by Crippen LogP contribution is 2.30. The third-order valence-corrected chi connectivity index (χ3v) is 3.59. The van der Waals surface area contributed by atoms with Crippen molar-refractivity contribution in [1.82, 2.24) is 5.32 Å². The van der Waals surface area contributed by atoms with Crippen molar-refractivity contribution in [2.45, 2.75) is 13.0 Å². The summed E-state index contributed by atoms with van der Waals surface area (Å²) in [4.78, 5) is 23.6. The maximum absolute atomic E-state index is 12.8. The van der Waals surface area contributed by atoms with Gasteiger partial charge in [-0.1, -0.05) is 24.3 Å². The Morgan fingerprint density at radius 1 is 1.04 bits per heavy atom. The second-order valence-corrected chi connectivity index (χ2v) is 5.39. The summed E-state index contributed by atoms with van der Waals surface area (Å²) < 4.78 is 28.2. The van der Waals surface area contributed by atoms with Crippen molar-refractivity contribution in [3.8, 4) is 11.5 Å². The zero-order valence-corrected chi connectivity index (χ0v) is 14.6. The highest BCUT2D eigenvalue weighted by molar-refractivity contribution is 5.81. The Hall–Kier alpha value is -3.09. The molecule has 2 rings (SSSR count). The minimum Gasteiger partial charge on any atom is -0.493 e. The minimum atomic E-state index is -0.564. The van der Waals surface area contributed by atoms with E-state index in [1.807, 2.05) is 0 Å². The quantitative estimate of drug-likeness (QED) is 0.730. The van der Waals surface area contributed by atoms with Gasteiger partial charge in [0, 0.05) is 12.1 Å². The number of carbonyl (C=O) groups excluding carboxylic acids is 2. The summed E-state index contributed by atoms with van der Waals surface area (Å²) in [6.07, 6.45) is -0.0305. The van der Waals surface area contributed by atoms with Crippen LogP contribution in [0.25, 0.3) is 0 Å². The molecule has 2 aromatic carbocycles. The summed E-state index contributed by atoms with van der Waals surface area (Å²) in [7, 11) is 3.04. The molecule has 0 aliphatic carbocycles. The van der Waals surface area contributed by atoms with Gasteiger partial charge in [-0.15, -0.1) is 0 Å². The van der Waals surface area contributed by atoms with Gasteiger partial charge in [0.1, 0.15) is 5.82 Å². The second kappa shape index (κ2) is 9.41. The number of hydrogen-bond acceptors (Lipinski definition) is 5. The molecule has 0 saturated heterocycles. The predicted octanol–water partition coefficient (Wildman–Crippen LogP) is 2.25. The fourth-order valence-electron chi connectivity index (χ4n) is 2.30. The number of carbonyl (C=O) groups is 2. The maximum Gasteiger partial charge on any atom is 0.310 e. The molecule has 0 fully saturated rings. The standard InChI is InChI=1S/C19H20FNO5/c1-24-16-5-3-4-14(19(16)25-2)11-21-17(22)12-26-18(23)10-13-6-8-15(20)9-7-13/h3-9H,10-12H2,1-2H3,(H,21,22). The van der Waals surface area contributed by atoms with E-state index in [-0.39, 0.29) is 18.8 Å². The van der Waals surface area contributed by atoms with E-state index in [1.165, 1.54) is 38.5 Å². The molecular formula is C19H20FNO5. The first-order chi connectivity index (χ1) is 12.5. The van der Waals surface area contributed by atoms with E-state index in [0.717, 1.165) is 5.56 Å². The van der Waals surface area contributed by atoms with Gasteiger partial charge >= 0.3 is 5.97 Å². The number of methoxy groups -OCH3 is 2. The highest BCUT2D eigenvalue weighted by Gasteiger charge is 2.12. The monoisotopic (exact) mass is 361 g/mol. The van der Waals surface area contributed by atoms with Gasteiger partial charge in [-0.05, 0) is 23.8 Å². The highest BCUT2D eigenvalue weighted by atomic mass is 19.1. The molecule has 0 radical (unpaired) electrons. The topological polar surface area (TPSA) is 73.9 Å². The summed E-state index contributed by atoms with van der Waals surface area (Å²) in [5.41, 5.74) is 1.34. The Labute approximate surface area is 150 Å². The second-order valence-electron chi connectivity index (χ2n) is 5.39. The van der Waals surface area contributed by atoms with E-state index in [1.54, 1.807) is 18.2 Å². The molecule has 0 spiro atoms. The third kappa shape index (κ3) is 5.47. The van der Waals surface area contributed by atoms with Crippen LogP contribution in [-0.2, 0) is 27.3 Å². The van der Waals surface area contributed by atoms with Crippen LogP contribution in [0.2, 0.25) is 0 Å². The lowest BCUT2D eigenvalue weighted by Crippen LogP contribution is -2.28. The fraction of sp³-hybridized carbons (Fsp3) is 0.263. The molecule has 1 N–H and O–H groups in total. The largest absolute Gasteiger partial charge is 0.493 e. The molecule has 0 aliphatic heterocycles. The van der Waals surface area contributed by atoms with Crippen molar-refractivity contribution in [2.24, 2.45) is 0 Å². The van der Waals surface area contributed by atoms with Crippen LogP contribution >= 0.6 is 0 Å². The van der Waals surface area contributed by atoms with E-state index in [9.17, 15) is 14.0 Å². The van der Waals surface area contributed by atoms with Crippen LogP contribution in [0.15, 0.2) is 42.5 Å². The van der Waals surface area contributed by atoms with E-state index in [4.69, 9.17) is 14.2 Å². The van der Waals surface area contributed by atoms with Gasteiger partial charge in [0.15, 0.2) is 18.1 Å². The van der Waals surface area contributed by atoms with Gasteiger partial charge in [-0.2, -0.15) is 0 Å². The average molecular weight is 361 g/mol. The lowest BCUT2D eigenvalue weighted by Gasteiger charge is -2.13. The van der Waals surface area contributed by atoms with Crippen molar-refractivity contribution in [1.29, 1.82) is 0 Å². The van der Waals surface area contributed by atoms with E-state index in [2.05, 4.69) is 5.32 Å². The van der Waals surface area contributed by atoms with Crippen LogP contribution in [0.5, 0.6) is 11.5 Å². The molecular weight excluding hydrogens is 341 g/mol. The molecule has 0 aromatic heterocycles. The molecule has 0 aliphatic rings. The number of benzene rings is 2. The summed E-state index contributed by atoms with van der Waals surface area (Å²) in [5, 5.41) is 2.65. The summed E-state index contributed by atoms with van der Waals surface area (Å²) >= 11 is 0. The number of hydrogen-bond donors (Lipinski definition) is 1. The normalized spacial score (nSPS) is 10.1. The fourth-order valence-corrected chi connectivity index (χ4v) is 2.30. The van der Waals surface area contributed by atoms with Crippen LogP contribution < -0.4 is 14.8 Å². The molecule has 138 valence electrons. The lowest BCUT2D eigenvalue weighted by molar-refractivity contribution is -0.147. The number of rotatable bonds is 8. The Balaban J connectivity index is 1.80. The van der Waals surface area contributed by atoms with Crippen LogP contribution in [-0.4, -0.2) is 32.7 Å². The van der Waals surface area contributed by atoms with Crippen molar-refractivity contribution in [3.05, 3.63) is 59.4 Å². The molecule has 7 heteroatoms. The van der Waals surface area contributed by atoms with Crippen molar-refractivity contribution >= 4 is 11.9 Å². The maximum atomic E-state index is 12.8. The molecule has 0 atom stereocenters. The van der Waals surface area contributed by atoms with Gasteiger partial charge in [0.25, 0.3) is 5.91 Å². The molecule has 0 bridgehead atoms. The number of halogens is 1. The number of ether oxygens (including phenoxy) is 3. The zero-order valence-electron chi connectivity index (χ0n) is 14.6. The number of esters is 1. The average Bonchev–Trinajstić information content (AvgIpc) is 2.66. The molecule has 26 heavy (non-hydrogen) atoms. The van der Waals surface area contributed by atoms with Crippen molar-refractivity contribution in [3.63, 3.8) is 0 Å². The lowest BCUT2D eigenvalue weighted by atomic mass is 10.1. The minimum absolute atomic E-state index is 0.0305.